The Bertz CT molecular complexity index is 785. The van der Waals surface area contributed by atoms with Gasteiger partial charge in [0.15, 0.2) is 0 Å². The second-order valence-corrected chi connectivity index (χ2v) is 7.63. The molecule has 0 atom stereocenters. The number of rotatable bonds is 7. The summed E-state index contributed by atoms with van der Waals surface area (Å²) in [7, 11) is -0.360. The van der Waals surface area contributed by atoms with Crippen LogP contribution in [-0.2, 0) is 10.0 Å². The van der Waals surface area contributed by atoms with Crippen LogP contribution in [0.3, 0.4) is 0 Å². The van der Waals surface area contributed by atoms with Crippen LogP contribution in [0.25, 0.3) is 0 Å². The molecule has 0 bridgehead atoms. The molecule has 6 heteroatoms. The molecule has 0 radical (unpaired) electrons. The molecule has 0 heterocycles. The number of benzene rings is 2. The lowest BCUT2D eigenvalue weighted by atomic mass is 10.2. The van der Waals surface area contributed by atoms with Gasteiger partial charge in [-0.15, -0.1) is 0 Å². The Morgan fingerprint density at radius 2 is 1.62 bits per heavy atom. The van der Waals surface area contributed by atoms with Crippen LogP contribution in [0.4, 0.5) is 0 Å². The predicted molar refractivity (Wildman–Crippen MR) is 94.2 cm³/mol. The zero-order valence-electron chi connectivity index (χ0n) is 14.4. The van der Waals surface area contributed by atoms with Gasteiger partial charge in [-0.25, -0.2) is 8.42 Å². The van der Waals surface area contributed by atoms with E-state index in [2.05, 4.69) is 0 Å². The summed E-state index contributed by atoms with van der Waals surface area (Å²) >= 11 is 0. The Balaban J connectivity index is 2.00. The van der Waals surface area contributed by atoms with E-state index in [4.69, 9.17) is 9.47 Å². The van der Waals surface area contributed by atoms with Crippen LogP contribution in [0.1, 0.15) is 11.1 Å². The van der Waals surface area contributed by atoms with Crippen molar-refractivity contribution in [3.05, 3.63) is 53.6 Å². The zero-order valence-corrected chi connectivity index (χ0v) is 15.3. The Kier molecular flexibility index (Phi) is 5.85. The summed E-state index contributed by atoms with van der Waals surface area (Å²) in [5.74, 6) is 1.42. The molecule has 2 aromatic carbocycles. The molecule has 2 rings (SSSR count). The van der Waals surface area contributed by atoms with E-state index in [1.54, 1.807) is 51.4 Å². The van der Waals surface area contributed by atoms with Crippen molar-refractivity contribution in [2.45, 2.75) is 18.7 Å². The van der Waals surface area contributed by atoms with E-state index in [-0.39, 0.29) is 13.2 Å². The van der Waals surface area contributed by atoms with Gasteiger partial charge in [-0.2, -0.15) is 4.31 Å². The summed E-state index contributed by atoms with van der Waals surface area (Å²) in [5, 5.41) is 0. The minimum Gasteiger partial charge on any atom is -0.497 e. The highest BCUT2D eigenvalue weighted by molar-refractivity contribution is 7.89. The topological polar surface area (TPSA) is 55.8 Å². The van der Waals surface area contributed by atoms with Crippen LogP contribution >= 0.6 is 0 Å². The molecule has 0 fully saturated rings. The molecule has 0 aliphatic carbocycles. The third kappa shape index (κ3) is 4.27. The van der Waals surface area contributed by atoms with Crippen molar-refractivity contribution in [3.63, 3.8) is 0 Å². The molecule has 0 N–H and O–H groups in total. The van der Waals surface area contributed by atoms with Gasteiger partial charge in [-0.05, 0) is 55.3 Å². The number of likely N-dealkylation sites (N-methyl/N-ethyl adjacent to an activating group) is 1. The molecule has 0 aromatic heterocycles. The first-order valence-electron chi connectivity index (χ1n) is 7.65. The molecule has 0 saturated carbocycles. The van der Waals surface area contributed by atoms with Crippen LogP contribution in [-0.4, -0.2) is 40.0 Å². The molecule has 0 spiro atoms. The predicted octanol–water partition coefficient (Wildman–Crippen LogP) is 3.01. The number of sulfonamides is 1. The van der Waals surface area contributed by atoms with Gasteiger partial charge in [0.25, 0.3) is 0 Å². The van der Waals surface area contributed by atoms with Crippen molar-refractivity contribution in [1.82, 2.24) is 4.31 Å². The Hall–Kier alpha value is -2.05. The van der Waals surface area contributed by atoms with E-state index in [0.29, 0.717) is 10.6 Å². The maximum Gasteiger partial charge on any atom is 0.243 e. The van der Waals surface area contributed by atoms with Crippen molar-refractivity contribution in [3.8, 4) is 11.5 Å². The standard InChI is InChI=1S/C18H23NO4S/c1-14-5-6-15(2)18(13-14)24(20,21)19(3)11-12-23-17-9-7-16(22-4)8-10-17/h5-10,13H,11-12H2,1-4H3. The number of aryl methyl sites for hydroxylation is 2. The minimum atomic E-state index is -3.52. The fraction of sp³-hybridized carbons (Fsp3) is 0.333. The third-order valence-corrected chi connectivity index (χ3v) is 5.77. The van der Waals surface area contributed by atoms with Crippen molar-refractivity contribution in [1.29, 1.82) is 0 Å². The van der Waals surface area contributed by atoms with E-state index in [9.17, 15) is 8.42 Å². The van der Waals surface area contributed by atoms with Crippen molar-refractivity contribution in [2.24, 2.45) is 0 Å². The van der Waals surface area contributed by atoms with Crippen LogP contribution in [0.5, 0.6) is 11.5 Å². The van der Waals surface area contributed by atoms with Gasteiger partial charge in [0.1, 0.15) is 18.1 Å². The average Bonchev–Trinajstić information content (AvgIpc) is 2.57. The highest BCUT2D eigenvalue weighted by Gasteiger charge is 2.22. The second kappa shape index (κ2) is 7.68. The third-order valence-electron chi connectivity index (χ3n) is 3.77. The SMILES string of the molecule is COc1ccc(OCCN(C)S(=O)(=O)c2cc(C)ccc2C)cc1. The molecular formula is C18H23NO4S. The van der Waals surface area contributed by atoms with Crippen molar-refractivity contribution >= 4 is 10.0 Å². The van der Waals surface area contributed by atoms with E-state index in [1.165, 1.54) is 4.31 Å². The minimum absolute atomic E-state index is 0.266. The Labute approximate surface area is 143 Å². The first-order chi connectivity index (χ1) is 11.3. The number of nitrogens with zero attached hydrogens (tertiary/aromatic N) is 1. The van der Waals surface area contributed by atoms with Gasteiger partial charge in [-0.1, -0.05) is 12.1 Å². The number of methoxy groups -OCH3 is 1. The zero-order chi connectivity index (χ0) is 17.7. The summed E-state index contributed by atoms with van der Waals surface area (Å²) in [6.45, 7) is 4.22. The van der Waals surface area contributed by atoms with Crippen LogP contribution in [0, 0.1) is 13.8 Å². The molecule has 2 aromatic rings. The fourth-order valence-corrected chi connectivity index (χ4v) is 3.70. The molecule has 0 saturated heterocycles. The maximum atomic E-state index is 12.7. The molecule has 5 nitrogen and oxygen atoms in total. The molecule has 130 valence electrons. The van der Waals surface area contributed by atoms with Crippen LogP contribution < -0.4 is 9.47 Å². The van der Waals surface area contributed by atoms with Gasteiger partial charge in [0, 0.05) is 13.6 Å². The van der Waals surface area contributed by atoms with Gasteiger partial charge < -0.3 is 9.47 Å². The summed E-state index contributed by atoms with van der Waals surface area (Å²) in [6.07, 6.45) is 0. The molecule has 0 aliphatic rings. The Morgan fingerprint density at radius 1 is 1.00 bits per heavy atom. The number of hydrogen-bond donors (Lipinski definition) is 0. The van der Waals surface area contributed by atoms with Crippen molar-refractivity contribution < 1.29 is 17.9 Å². The second-order valence-electron chi connectivity index (χ2n) is 5.62. The lowest BCUT2D eigenvalue weighted by Crippen LogP contribution is -2.31. The van der Waals surface area contributed by atoms with E-state index in [0.717, 1.165) is 16.9 Å². The molecule has 0 aliphatic heterocycles. The van der Waals surface area contributed by atoms with E-state index >= 15 is 0 Å². The number of hydrogen-bond acceptors (Lipinski definition) is 4. The summed E-state index contributed by atoms with van der Waals surface area (Å²) in [6, 6.07) is 12.6. The Morgan fingerprint density at radius 3 is 2.25 bits per heavy atom. The maximum absolute atomic E-state index is 12.7. The van der Waals surface area contributed by atoms with Gasteiger partial charge in [0.05, 0.1) is 12.0 Å². The van der Waals surface area contributed by atoms with Crippen LogP contribution in [0.2, 0.25) is 0 Å². The van der Waals surface area contributed by atoms with E-state index in [1.807, 2.05) is 19.1 Å². The molecular weight excluding hydrogens is 326 g/mol. The highest BCUT2D eigenvalue weighted by atomic mass is 32.2. The van der Waals surface area contributed by atoms with Gasteiger partial charge in [0.2, 0.25) is 10.0 Å². The summed E-state index contributed by atoms with van der Waals surface area (Å²) in [5.41, 5.74) is 1.66. The summed E-state index contributed by atoms with van der Waals surface area (Å²) in [4.78, 5) is 0.342. The monoisotopic (exact) mass is 349 g/mol. The highest BCUT2D eigenvalue weighted by Crippen LogP contribution is 2.21. The first kappa shape index (κ1) is 18.3. The molecule has 0 unspecified atom stereocenters. The first-order valence-corrected chi connectivity index (χ1v) is 9.09. The number of ether oxygens (including phenoxy) is 2. The van der Waals surface area contributed by atoms with Crippen LogP contribution in [0.15, 0.2) is 47.4 Å². The lowest BCUT2D eigenvalue weighted by molar-refractivity contribution is 0.286. The quantitative estimate of drug-likeness (QED) is 0.771. The van der Waals surface area contributed by atoms with E-state index < -0.39 is 10.0 Å². The van der Waals surface area contributed by atoms with Gasteiger partial charge in [-0.3, -0.25) is 0 Å². The average molecular weight is 349 g/mol. The fourth-order valence-electron chi connectivity index (χ4n) is 2.24. The lowest BCUT2D eigenvalue weighted by Gasteiger charge is -2.19. The van der Waals surface area contributed by atoms with Crippen molar-refractivity contribution in [2.75, 3.05) is 27.3 Å². The largest absolute Gasteiger partial charge is 0.497 e. The smallest absolute Gasteiger partial charge is 0.243 e. The normalized spacial score (nSPS) is 11.5. The molecule has 24 heavy (non-hydrogen) atoms. The molecule has 0 amide bonds. The van der Waals surface area contributed by atoms with Gasteiger partial charge >= 0.3 is 0 Å². The summed E-state index contributed by atoms with van der Waals surface area (Å²) < 4.78 is 37.4.